The van der Waals surface area contributed by atoms with E-state index in [1.54, 1.807) is 54.7 Å². The summed E-state index contributed by atoms with van der Waals surface area (Å²) in [5.74, 6) is -0.673. The normalized spacial score (nSPS) is 11.3. The average Bonchev–Trinajstić information content (AvgIpc) is 3.09. The van der Waals surface area contributed by atoms with Gasteiger partial charge in [-0.05, 0) is 42.1 Å². The number of carbonyl (C=O) groups excluding carboxylic acids is 1. The fraction of sp³-hybridized carbons (Fsp3) is 0.130. The zero-order valence-electron chi connectivity index (χ0n) is 16.8. The van der Waals surface area contributed by atoms with Crippen molar-refractivity contribution < 1.29 is 18.0 Å². The number of hydrogen-bond donors (Lipinski definition) is 1. The number of nitrogens with one attached hydrogen (secondary N) is 1. The second-order valence-corrected chi connectivity index (χ2v) is 7.13. The summed E-state index contributed by atoms with van der Waals surface area (Å²) in [6.07, 6.45) is -1.67. The number of carbonyl (C=O) groups is 1. The van der Waals surface area contributed by atoms with Gasteiger partial charge in [-0.25, -0.2) is 0 Å². The van der Waals surface area contributed by atoms with Crippen LogP contribution in [0.25, 0.3) is 10.8 Å². The molecule has 0 atom stereocenters. The molecule has 0 aliphatic heterocycles. The van der Waals surface area contributed by atoms with E-state index in [-0.39, 0.29) is 23.5 Å². The van der Waals surface area contributed by atoms with Gasteiger partial charge in [0.1, 0.15) is 0 Å². The molecule has 0 fully saturated rings. The van der Waals surface area contributed by atoms with Gasteiger partial charge in [-0.3, -0.25) is 14.5 Å². The minimum absolute atomic E-state index is 0.0520. The molecule has 1 amide bonds. The van der Waals surface area contributed by atoms with Crippen LogP contribution in [0.3, 0.4) is 0 Å². The van der Waals surface area contributed by atoms with Gasteiger partial charge >= 0.3 is 6.18 Å². The molecule has 4 aromatic rings. The molecular weight excluding hydrogens is 419 g/mol. The van der Waals surface area contributed by atoms with Gasteiger partial charge in [-0.15, -0.1) is 0 Å². The van der Waals surface area contributed by atoms with Crippen molar-refractivity contribution in [2.45, 2.75) is 19.6 Å². The van der Waals surface area contributed by atoms with Crippen molar-refractivity contribution >= 4 is 22.4 Å². The molecule has 4 rings (SSSR count). The third kappa shape index (κ3) is 4.03. The predicted octanol–water partition coefficient (Wildman–Crippen LogP) is 4.93. The minimum Gasteiger partial charge on any atom is -0.319 e. The molecule has 2 aromatic heterocycles. The maximum atomic E-state index is 13.7. The largest absolute Gasteiger partial charge is 0.437 e. The Kier molecular flexibility index (Phi) is 5.36. The summed E-state index contributed by atoms with van der Waals surface area (Å²) in [5.41, 5.74) is -0.0433. The Labute approximate surface area is 180 Å². The number of hydrogen-bond acceptors (Lipinski definition) is 4. The van der Waals surface area contributed by atoms with E-state index in [9.17, 15) is 18.0 Å². The van der Waals surface area contributed by atoms with Crippen LogP contribution in [0, 0.1) is 18.3 Å². The average molecular weight is 435 g/mol. The Hall–Kier alpha value is -4.19. The molecule has 0 spiro atoms. The highest BCUT2D eigenvalue weighted by Crippen LogP contribution is 2.36. The Morgan fingerprint density at radius 2 is 1.91 bits per heavy atom. The number of pyridine rings is 1. The van der Waals surface area contributed by atoms with E-state index >= 15 is 0 Å². The predicted molar refractivity (Wildman–Crippen MR) is 112 cm³/mol. The summed E-state index contributed by atoms with van der Waals surface area (Å²) in [6, 6.07) is 15.0. The number of benzene rings is 2. The van der Waals surface area contributed by atoms with Crippen LogP contribution < -0.4 is 5.32 Å². The van der Waals surface area contributed by atoms with Crippen molar-refractivity contribution in [3.63, 3.8) is 0 Å². The molecule has 0 aliphatic carbocycles. The van der Waals surface area contributed by atoms with Crippen molar-refractivity contribution in [2.24, 2.45) is 0 Å². The van der Waals surface area contributed by atoms with Gasteiger partial charge in [0.05, 0.1) is 29.6 Å². The van der Waals surface area contributed by atoms with Crippen molar-refractivity contribution in [3.8, 4) is 6.07 Å². The standard InChI is InChI=1S/C23H16F3N5O/c1-14-20(29-22(32)19-4-2-3-17-12-28-10-9-18(17)19)21(23(24,25)26)30-31(14)13-16-7-5-15(11-27)6-8-16/h2-10,12H,13H2,1H3,(H,29,32). The third-order valence-electron chi connectivity index (χ3n) is 5.05. The molecule has 0 radical (unpaired) electrons. The Balaban J connectivity index is 1.71. The van der Waals surface area contributed by atoms with Crippen molar-refractivity contribution in [1.29, 1.82) is 5.26 Å². The quantitative estimate of drug-likeness (QED) is 0.493. The van der Waals surface area contributed by atoms with Crippen LogP contribution in [0.1, 0.15) is 32.9 Å². The minimum atomic E-state index is -4.76. The maximum Gasteiger partial charge on any atom is 0.437 e. The lowest BCUT2D eigenvalue weighted by molar-refractivity contribution is -0.140. The van der Waals surface area contributed by atoms with E-state index < -0.39 is 17.8 Å². The molecule has 0 aliphatic rings. The summed E-state index contributed by atoms with van der Waals surface area (Å²) < 4.78 is 42.3. The first-order chi connectivity index (χ1) is 15.3. The van der Waals surface area contributed by atoms with Crippen LogP contribution in [0.2, 0.25) is 0 Å². The number of nitrogens with zero attached hydrogens (tertiary/aromatic N) is 4. The number of anilines is 1. The molecule has 32 heavy (non-hydrogen) atoms. The smallest absolute Gasteiger partial charge is 0.319 e. The van der Waals surface area contributed by atoms with Gasteiger partial charge in [0.15, 0.2) is 5.69 Å². The van der Waals surface area contributed by atoms with E-state index in [2.05, 4.69) is 15.4 Å². The number of aromatic nitrogens is 3. The first-order valence-electron chi connectivity index (χ1n) is 9.55. The number of nitriles is 1. The van der Waals surface area contributed by atoms with Crippen LogP contribution in [-0.4, -0.2) is 20.7 Å². The monoisotopic (exact) mass is 435 g/mol. The molecule has 0 unspecified atom stereocenters. The third-order valence-corrected chi connectivity index (χ3v) is 5.05. The SMILES string of the molecule is Cc1c(NC(=O)c2cccc3cnccc23)c(C(F)(F)F)nn1Cc1ccc(C#N)cc1. The highest BCUT2D eigenvalue weighted by molar-refractivity contribution is 6.13. The first-order valence-corrected chi connectivity index (χ1v) is 9.55. The van der Waals surface area contributed by atoms with E-state index in [4.69, 9.17) is 5.26 Å². The molecule has 0 saturated carbocycles. The molecule has 6 nitrogen and oxygen atoms in total. The van der Waals surface area contributed by atoms with Gasteiger partial charge in [-0.1, -0.05) is 24.3 Å². The summed E-state index contributed by atoms with van der Waals surface area (Å²) in [6.45, 7) is 1.52. The van der Waals surface area contributed by atoms with Gasteiger partial charge < -0.3 is 5.32 Å². The Bertz CT molecular complexity index is 1350. The second-order valence-electron chi connectivity index (χ2n) is 7.13. The van der Waals surface area contributed by atoms with E-state index in [0.29, 0.717) is 21.9 Å². The molecule has 9 heteroatoms. The summed E-state index contributed by atoms with van der Waals surface area (Å²) in [5, 5.41) is 16.3. The highest BCUT2D eigenvalue weighted by Gasteiger charge is 2.39. The van der Waals surface area contributed by atoms with Gasteiger partial charge in [-0.2, -0.15) is 23.5 Å². The molecule has 2 heterocycles. The lowest BCUT2D eigenvalue weighted by atomic mass is 10.1. The number of fused-ring (bicyclic) bond motifs is 1. The van der Waals surface area contributed by atoms with Crippen molar-refractivity contribution in [2.75, 3.05) is 5.32 Å². The Morgan fingerprint density at radius 3 is 2.59 bits per heavy atom. The van der Waals surface area contributed by atoms with Gasteiger partial charge in [0.2, 0.25) is 0 Å². The van der Waals surface area contributed by atoms with E-state index in [0.717, 1.165) is 0 Å². The number of alkyl halides is 3. The zero-order valence-corrected chi connectivity index (χ0v) is 16.8. The molecule has 2 aromatic carbocycles. The number of rotatable bonds is 4. The van der Waals surface area contributed by atoms with Gasteiger partial charge in [0.25, 0.3) is 5.91 Å². The summed E-state index contributed by atoms with van der Waals surface area (Å²) >= 11 is 0. The second kappa shape index (κ2) is 8.15. The molecule has 160 valence electrons. The van der Waals surface area contributed by atoms with Crippen LogP contribution in [-0.2, 0) is 12.7 Å². The number of amides is 1. The fourth-order valence-electron chi connectivity index (χ4n) is 3.41. The molecular formula is C23H16F3N5O. The van der Waals surface area contributed by atoms with Crippen LogP contribution >= 0.6 is 0 Å². The van der Waals surface area contributed by atoms with Crippen LogP contribution in [0.15, 0.2) is 60.9 Å². The number of halogens is 3. The molecule has 1 N–H and O–H groups in total. The fourth-order valence-corrected chi connectivity index (χ4v) is 3.41. The Morgan fingerprint density at radius 1 is 1.16 bits per heavy atom. The van der Waals surface area contributed by atoms with E-state index in [1.807, 2.05) is 6.07 Å². The first kappa shape index (κ1) is 21.1. The lowest BCUT2D eigenvalue weighted by Crippen LogP contribution is -2.17. The highest BCUT2D eigenvalue weighted by atomic mass is 19.4. The van der Waals surface area contributed by atoms with Crippen LogP contribution in [0.5, 0.6) is 0 Å². The summed E-state index contributed by atoms with van der Waals surface area (Å²) in [4.78, 5) is 16.9. The molecule has 0 bridgehead atoms. The van der Waals surface area contributed by atoms with Crippen LogP contribution in [0.4, 0.5) is 18.9 Å². The lowest BCUT2D eigenvalue weighted by Gasteiger charge is -2.11. The maximum absolute atomic E-state index is 13.7. The van der Waals surface area contributed by atoms with Crippen molar-refractivity contribution in [3.05, 3.63) is 89.0 Å². The van der Waals surface area contributed by atoms with Crippen molar-refractivity contribution in [1.82, 2.24) is 14.8 Å². The summed E-state index contributed by atoms with van der Waals surface area (Å²) in [7, 11) is 0. The topological polar surface area (TPSA) is 83.6 Å². The molecule has 0 saturated heterocycles. The van der Waals surface area contributed by atoms with Gasteiger partial charge in [0, 0.05) is 23.3 Å². The zero-order chi connectivity index (χ0) is 22.9. The van der Waals surface area contributed by atoms with E-state index in [1.165, 1.54) is 17.8 Å².